The number of benzene rings is 3. The van der Waals surface area contributed by atoms with Crippen LogP contribution in [0.2, 0.25) is 0 Å². The highest BCUT2D eigenvalue weighted by Gasteiger charge is 2.43. The van der Waals surface area contributed by atoms with E-state index in [0.29, 0.717) is 31.6 Å². The molecule has 2 aliphatic heterocycles. The van der Waals surface area contributed by atoms with Gasteiger partial charge in [0.05, 0.1) is 6.61 Å². The van der Waals surface area contributed by atoms with Crippen LogP contribution in [-0.2, 0) is 9.53 Å². The monoisotopic (exact) mass is 513 g/mol. The maximum Gasteiger partial charge on any atom is 0.410 e. The van der Waals surface area contributed by atoms with Crippen molar-refractivity contribution >= 4 is 11.9 Å². The summed E-state index contributed by atoms with van der Waals surface area (Å²) in [4.78, 5) is 28.3. The van der Waals surface area contributed by atoms with E-state index in [-0.39, 0.29) is 48.2 Å². The number of amides is 1. The van der Waals surface area contributed by atoms with Gasteiger partial charge in [-0.3, -0.25) is 4.79 Å². The third kappa shape index (κ3) is 4.80. The average molecular weight is 514 g/mol. The largest absolute Gasteiger partial charge is 0.493 e. The number of hydrogen-bond donors (Lipinski definition) is 0. The normalized spacial score (nSPS) is 21.9. The van der Waals surface area contributed by atoms with Gasteiger partial charge < -0.3 is 14.4 Å². The minimum atomic E-state index is -0.317. The van der Waals surface area contributed by atoms with Crippen LogP contribution < -0.4 is 4.74 Å². The summed E-state index contributed by atoms with van der Waals surface area (Å²) in [6.45, 7) is 0.582. The van der Waals surface area contributed by atoms with Crippen LogP contribution in [0.1, 0.15) is 55.6 Å². The molecule has 0 N–H and O–H groups in total. The first kappa shape index (κ1) is 24.7. The Bertz CT molecular complexity index is 1260. The van der Waals surface area contributed by atoms with Gasteiger partial charge in [0.15, 0.2) is 0 Å². The number of hydrogen-bond acceptors (Lipinski definition) is 4. The van der Waals surface area contributed by atoms with Crippen LogP contribution in [-0.4, -0.2) is 42.1 Å². The number of ketones is 1. The van der Waals surface area contributed by atoms with Crippen molar-refractivity contribution in [2.75, 3.05) is 13.2 Å². The third-order valence-electron chi connectivity index (χ3n) is 8.41. The third-order valence-corrected chi connectivity index (χ3v) is 8.41. The summed E-state index contributed by atoms with van der Waals surface area (Å²) in [6.07, 6.45) is 4.27. The van der Waals surface area contributed by atoms with Crippen LogP contribution in [0.15, 0.2) is 72.8 Å². The maximum absolute atomic E-state index is 13.4. The number of nitrogens with zero attached hydrogens (tertiary/aromatic N) is 1. The van der Waals surface area contributed by atoms with Crippen molar-refractivity contribution in [2.24, 2.45) is 5.92 Å². The fourth-order valence-corrected chi connectivity index (χ4v) is 6.62. The van der Waals surface area contributed by atoms with Gasteiger partial charge in [0, 0.05) is 30.3 Å². The fraction of sp³-hybridized carbons (Fsp3) is 0.375. The topological polar surface area (TPSA) is 55.8 Å². The number of halogens is 1. The molecule has 0 saturated carbocycles. The van der Waals surface area contributed by atoms with Crippen molar-refractivity contribution in [3.63, 3.8) is 0 Å². The zero-order chi connectivity index (χ0) is 26.1. The molecule has 38 heavy (non-hydrogen) atoms. The Hall–Kier alpha value is -3.67. The minimum absolute atomic E-state index is 0.0325. The van der Waals surface area contributed by atoms with Crippen LogP contribution in [0.25, 0.3) is 11.1 Å². The van der Waals surface area contributed by atoms with Crippen molar-refractivity contribution in [3.8, 4) is 16.9 Å². The van der Waals surface area contributed by atoms with E-state index in [9.17, 15) is 14.0 Å². The molecule has 2 saturated heterocycles. The Morgan fingerprint density at radius 2 is 1.45 bits per heavy atom. The Balaban J connectivity index is 1.06. The Labute approximate surface area is 222 Å². The van der Waals surface area contributed by atoms with Gasteiger partial charge in [-0.2, -0.15) is 0 Å². The summed E-state index contributed by atoms with van der Waals surface area (Å²) in [5.74, 6) is 0.381. The smallest absolute Gasteiger partial charge is 0.410 e. The van der Waals surface area contributed by atoms with Crippen molar-refractivity contribution in [1.82, 2.24) is 4.90 Å². The number of carbonyl (C=O) groups excluding carboxylic acids is 2. The SMILES string of the molecule is O=C(CCOc1ccc(F)cc1)C1CC2CCCC(C1)N2C(=O)OCC1c2ccccc2-c2ccccc21. The van der Waals surface area contributed by atoms with Crippen LogP contribution >= 0.6 is 0 Å². The summed E-state index contributed by atoms with van der Waals surface area (Å²) in [5.41, 5.74) is 4.83. The first-order valence-corrected chi connectivity index (χ1v) is 13.6. The molecule has 2 fully saturated rings. The molecule has 1 amide bonds. The summed E-state index contributed by atoms with van der Waals surface area (Å²) in [6, 6.07) is 22.6. The van der Waals surface area contributed by atoms with E-state index in [1.165, 1.54) is 34.4 Å². The lowest BCUT2D eigenvalue weighted by Gasteiger charge is -2.47. The van der Waals surface area contributed by atoms with E-state index >= 15 is 0 Å². The highest BCUT2D eigenvalue weighted by atomic mass is 19.1. The molecule has 3 aromatic rings. The molecule has 2 bridgehead atoms. The molecule has 1 aliphatic carbocycles. The Kier molecular flexibility index (Phi) is 6.88. The van der Waals surface area contributed by atoms with Gasteiger partial charge in [-0.15, -0.1) is 0 Å². The zero-order valence-electron chi connectivity index (χ0n) is 21.4. The lowest BCUT2D eigenvalue weighted by atomic mass is 9.76. The second kappa shape index (κ2) is 10.6. The summed E-state index contributed by atoms with van der Waals surface area (Å²) < 4.78 is 24.7. The van der Waals surface area contributed by atoms with Gasteiger partial charge in [-0.1, -0.05) is 48.5 Å². The fourth-order valence-electron chi connectivity index (χ4n) is 6.62. The van der Waals surface area contributed by atoms with E-state index in [4.69, 9.17) is 9.47 Å². The van der Waals surface area contributed by atoms with E-state index in [0.717, 1.165) is 19.3 Å². The molecule has 0 radical (unpaired) electrons. The van der Waals surface area contributed by atoms with E-state index in [2.05, 4.69) is 24.3 Å². The molecule has 6 rings (SSSR count). The number of fused-ring (bicyclic) bond motifs is 5. The maximum atomic E-state index is 13.4. The Morgan fingerprint density at radius 1 is 0.842 bits per heavy atom. The molecule has 0 spiro atoms. The zero-order valence-corrected chi connectivity index (χ0v) is 21.4. The first-order chi connectivity index (χ1) is 18.6. The molecule has 0 aromatic heterocycles. The first-order valence-electron chi connectivity index (χ1n) is 13.6. The van der Waals surface area contributed by atoms with E-state index in [1.54, 1.807) is 12.1 Å². The average Bonchev–Trinajstić information content (AvgIpc) is 3.25. The molecule has 3 aromatic carbocycles. The summed E-state index contributed by atoms with van der Waals surface area (Å²) in [5, 5.41) is 0. The van der Waals surface area contributed by atoms with Crippen LogP contribution in [0.3, 0.4) is 0 Å². The van der Waals surface area contributed by atoms with Crippen LogP contribution in [0.5, 0.6) is 5.75 Å². The van der Waals surface area contributed by atoms with Gasteiger partial charge in [-0.25, -0.2) is 9.18 Å². The van der Waals surface area contributed by atoms with Crippen molar-refractivity contribution in [1.29, 1.82) is 0 Å². The summed E-state index contributed by atoms with van der Waals surface area (Å²) in [7, 11) is 0. The molecule has 2 atom stereocenters. The highest BCUT2D eigenvalue weighted by molar-refractivity contribution is 5.82. The second-order valence-corrected chi connectivity index (χ2v) is 10.6. The van der Waals surface area contributed by atoms with Crippen molar-refractivity contribution in [2.45, 2.75) is 56.5 Å². The molecule has 5 nitrogen and oxygen atoms in total. The molecule has 3 aliphatic rings. The molecule has 6 heteroatoms. The minimum Gasteiger partial charge on any atom is -0.493 e. The van der Waals surface area contributed by atoms with Gasteiger partial charge in [0.2, 0.25) is 0 Å². The Morgan fingerprint density at radius 3 is 2.08 bits per heavy atom. The summed E-state index contributed by atoms with van der Waals surface area (Å²) >= 11 is 0. The number of piperidine rings is 2. The van der Waals surface area contributed by atoms with Gasteiger partial charge >= 0.3 is 6.09 Å². The highest BCUT2D eigenvalue weighted by Crippen LogP contribution is 2.45. The quantitative estimate of drug-likeness (QED) is 0.351. The molecule has 2 heterocycles. The number of rotatable bonds is 7. The number of ether oxygens (including phenoxy) is 2. The second-order valence-electron chi connectivity index (χ2n) is 10.6. The molecule has 2 unspecified atom stereocenters. The lowest BCUT2D eigenvalue weighted by molar-refractivity contribution is -0.127. The lowest BCUT2D eigenvalue weighted by Crippen LogP contribution is -2.56. The predicted molar refractivity (Wildman–Crippen MR) is 143 cm³/mol. The van der Waals surface area contributed by atoms with Crippen LogP contribution in [0.4, 0.5) is 9.18 Å². The van der Waals surface area contributed by atoms with Crippen molar-refractivity contribution < 1.29 is 23.5 Å². The molecular formula is C32H32FNO4. The van der Waals surface area contributed by atoms with Gasteiger partial charge in [0.1, 0.15) is 24.0 Å². The van der Waals surface area contributed by atoms with Crippen molar-refractivity contribution in [3.05, 3.63) is 89.7 Å². The van der Waals surface area contributed by atoms with Gasteiger partial charge in [0.25, 0.3) is 0 Å². The molecular weight excluding hydrogens is 481 g/mol. The van der Waals surface area contributed by atoms with E-state index < -0.39 is 0 Å². The number of Topliss-reactive ketones (excluding diaryl/α,β-unsaturated/α-hetero) is 1. The van der Waals surface area contributed by atoms with E-state index in [1.807, 2.05) is 29.2 Å². The van der Waals surface area contributed by atoms with Gasteiger partial charge in [-0.05, 0) is 78.6 Å². The molecule has 196 valence electrons. The van der Waals surface area contributed by atoms with Crippen LogP contribution in [0, 0.1) is 11.7 Å². The number of carbonyl (C=O) groups is 2. The predicted octanol–water partition coefficient (Wildman–Crippen LogP) is 6.75. The standard InChI is InChI=1S/C32H32FNO4/c33-22-12-14-25(15-13-22)37-17-16-31(35)21-18-23-6-5-7-24(19-21)34(23)32(36)38-20-30-28-10-3-1-8-26(28)27-9-2-4-11-29(27)30/h1-4,8-15,21,23-24,30H,5-7,16-20H2.